The van der Waals surface area contributed by atoms with E-state index in [9.17, 15) is 18.0 Å². The van der Waals surface area contributed by atoms with Crippen molar-refractivity contribution < 1.29 is 18.0 Å². The molecule has 122 valence electrons. The van der Waals surface area contributed by atoms with E-state index in [4.69, 9.17) is 0 Å². The van der Waals surface area contributed by atoms with Crippen molar-refractivity contribution in [3.63, 3.8) is 0 Å². The molecule has 1 N–H and O–H groups in total. The summed E-state index contributed by atoms with van der Waals surface area (Å²) >= 11 is 0. The van der Waals surface area contributed by atoms with Crippen LogP contribution in [0.2, 0.25) is 0 Å². The van der Waals surface area contributed by atoms with Crippen molar-refractivity contribution in [1.29, 1.82) is 0 Å². The van der Waals surface area contributed by atoms with Crippen LogP contribution in [0.5, 0.6) is 0 Å². The summed E-state index contributed by atoms with van der Waals surface area (Å²) in [7, 11) is 0. The molecule has 0 aromatic heterocycles. The Hall–Kier alpha value is -1.26. The van der Waals surface area contributed by atoms with E-state index in [1.54, 1.807) is 0 Å². The third-order valence-corrected chi connectivity index (χ3v) is 3.19. The number of allylic oxidation sites excluding steroid dienone is 1. The van der Waals surface area contributed by atoms with Gasteiger partial charge in [-0.15, -0.1) is 13.2 Å². The first-order valence-electron chi connectivity index (χ1n) is 7.49. The molecule has 0 heterocycles. The highest BCUT2D eigenvalue weighted by atomic mass is 19.4. The van der Waals surface area contributed by atoms with Crippen LogP contribution in [0.3, 0.4) is 0 Å². The number of hydrogen-bond donors (Lipinski definition) is 1. The number of halogens is 3. The SMILES string of the molecule is C=CCCCCCCCCC(=O)NC(CC=C)C(F)(F)F. The van der Waals surface area contributed by atoms with Gasteiger partial charge in [0.25, 0.3) is 0 Å². The van der Waals surface area contributed by atoms with E-state index < -0.39 is 18.1 Å². The molecule has 5 heteroatoms. The van der Waals surface area contributed by atoms with Crippen LogP contribution >= 0.6 is 0 Å². The Labute approximate surface area is 125 Å². The second kappa shape index (κ2) is 11.4. The van der Waals surface area contributed by atoms with Gasteiger partial charge in [0.1, 0.15) is 6.04 Å². The van der Waals surface area contributed by atoms with Gasteiger partial charge in [-0.1, -0.05) is 37.8 Å². The van der Waals surface area contributed by atoms with Crippen LogP contribution in [-0.2, 0) is 4.79 Å². The lowest BCUT2D eigenvalue weighted by Crippen LogP contribution is -2.44. The van der Waals surface area contributed by atoms with E-state index in [-0.39, 0.29) is 12.8 Å². The molecule has 0 aromatic carbocycles. The van der Waals surface area contributed by atoms with Gasteiger partial charge < -0.3 is 5.32 Å². The molecule has 1 atom stereocenters. The van der Waals surface area contributed by atoms with Gasteiger partial charge in [0, 0.05) is 6.42 Å². The quantitative estimate of drug-likeness (QED) is 0.402. The molecular weight excluding hydrogens is 279 g/mol. The van der Waals surface area contributed by atoms with Gasteiger partial charge in [0.05, 0.1) is 0 Å². The van der Waals surface area contributed by atoms with Gasteiger partial charge in [-0.25, -0.2) is 0 Å². The largest absolute Gasteiger partial charge is 0.408 e. The molecule has 0 radical (unpaired) electrons. The van der Waals surface area contributed by atoms with Crippen LogP contribution in [0.25, 0.3) is 0 Å². The summed E-state index contributed by atoms with van der Waals surface area (Å²) in [5.41, 5.74) is 0. The number of carbonyl (C=O) groups is 1. The molecule has 1 amide bonds. The predicted molar refractivity (Wildman–Crippen MR) is 79.9 cm³/mol. The lowest BCUT2D eigenvalue weighted by atomic mass is 10.1. The summed E-state index contributed by atoms with van der Waals surface area (Å²) in [5, 5.41) is 2.03. The van der Waals surface area contributed by atoms with Gasteiger partial charge in [0.2, 0.25) is 5.91 Å². The van der Waals surface area contributed by atoms with E-state index in [0.29, 0.717) is 6.42 Å². The van der Waals surface area contributed by atoms with Crippen molar-refractivity contribution in [2.24, 2.45) is 0 Å². The monoisotopic (exact) mass is 305 g/mol. The van der Waals surface area contributed by atoms with Crippen LogP contribution in [0.15, 0.2) is 25.3 Å². The molecule has 0 aliphatic heterocycles. The second-order valence-corrected chi connectivity index (χ2v) is 5.13. The number of carbonyl (C=O) groups excluding carboxylic acids is 1. The zero-order chi connectivity index (χ0) is 16.1. The summed E-state index contributed by atoms with van der Waals surface area (Å²) < 4.78 is 37.8. The molecule has 2 nitrogen and oxygen atoms in total. The third kappa shape index (κ3) is 11.1. The number of hydrogen-bond acceptors (Lipinski definition) is 1. The third-order valence-electron chi connectivity index (χ3n) is 3.19. The first-order chi connectivity index (χ1) is 9.91. The van der Waals surface area contributed by atoms with Gasteiger partial charge in [0.15, 0.2) is 0 Å². The minimum absolute atomic E-state index is 0.149. The standard InChI is InChI=1S/C16H26F3NO/c1-3-5-6-7-8-9-10-11-13-15(21)20-14(12-4-2)16(17,18)19/h3-4,14H,1-2,5-13H2,(H,20,21). The van der Waals surface area contributed by atoms with Crippen molar-refractivity contribution >= 4 is 5.91 Å². The summed E-state index contributed by atoms with van der Waals surface area (Å²) in [5.74, 6) is -0.536. The fraction of sp³-hybridized carbons (Fsp3) is 0.688. The highest BCUT2D eigenvalue weighted by Gasteiger charge is 2.39. The first kappa shape index (κ1) is 19.7. The van der Waals surface area contributed by atoms with Crippen molar-refractivity contribution in [3.8, 4) is 0 Å². The maximum atomic E-state index is 12.6. The molecule has 0 spiro atoms. The molecule has 0 saturated heterocycles. The Morgan fingerprint density at radius 2 is 1.57 bits per heavy atom. The number of rotatable bonds is 12. The molecule has 0 bridgehead atoms. The van der Waals surface area contributed by atoms with Crippen molar-refractivity contribution in [2.75, 3.05) is 0 Å². The predicted octanol–water partition coefficient (Wildman–Crippen LogP) is 4.92. The molecule has 21 heavy (non-hydrogen) atoms. The number of unbranched alkanes of at least 4 members (excludes halogenated alkanes) is 6. The Bertz CT molecular complexity index is 313. The lowest BCUT2D eigenvalue weighted by Gasteiger charge is -2.20. The van der Waals surface area contributed by atoms with Gasteiger partial charge in [-0.2, -0.15) is 13.2 Å². The molecule has 0 aliphatic rings. The Morgan fingerprint density at radius 3 is 2.10 bits per heavy atom. The smallest absolute Gasteiger partial charge is 0.344 e. The topological polar surface area (TPSA) is 29.1 Å². The number of amides is 1. The van der Waals surface area contributed by atoms with E-state index >= 15 is 0 Å². The van der Waals surface area contributed by atoms with E-state index in [0.717, 1.165) is 38.5 Å². The molecule has 0 saturated carbocycles. The number of nitrogens with one attached hydrogen (secondary N) is 1. The molecule has 0 fully saturated rings. The molecule has 1 unspecified atom stereocenters. The summed E-state index contributed by atoms with van der Waals surface area (Å²) in [6, 6.07) is -1.82. The van der Waals surface area contributed by atoms with Gasteiger partial charge in [-0.05, 0) is 25.7 Å². The van der Waals surface area contributed by atoms with Gasteiger partial charge in [-0.3, -0.25) is 4.79 Å². The highest BCUT2D eigenvalue weighted by molar-refractivity contribution is 5.76. The fourth-order valence-corrected chi connectivity index (χ4v) is 1.99. The van der Waals surface area contributed by atoms with E-state index in [1.807, 2.05) is 11.4 Å². The van der Waals surface area contributed by atoms with Crippen LogP contribution in [0.1, 0.15) is 57.8 Å². The first-order valence-corrected chi connectivity index (χ1v) is 7.49. The molecular formula is C16H26F3NO. The Kier molecular flexibility index (Phi) is 10.7. The summed E-state index contributed by atoms with van der Waals surface area (Å²) in [4.78, 5) is 11.5. The summed E-state index contributed by atoms with van der Waals surface area (Å²) in [6.07, 6.45) is 5.38. The molecule has 0 aromatic rings. The van der Waals surface area contributed by atoms with Crippen molar-refractivity contribution in [3.05, 3.63) is 25.3 Å². The highest BCUT2D eigenvalue weighted by Crippen LogP contribution is 2.22. The van der Waals surface area contributed by atoms with Crippen molar-refractivity contribution in [1.82, 2.24) is 5.32 Å². The fourth-order valence-electron chi connectivity index (χ4n) is 1.99. The minimum Gasteiger partial charge on any atom is -0.344 e. The minimum atomic E-state index is -4.42. The zero-order valence-electron chi connectivity index (χ0n) is 12.6. The number of alkyl halides is 3. The van der Waals surface area contributed by atoms with E-state index in [1.165, 1.54) is 6.08 Å². The Balaban J connectivity index is 3.73. The average molecular weight is 305 g/mol. The lowest BCUT2D eigenvalue weighted by molar-refractivity contribution is -0.161. The maximum absolute atomic E-state index is 12.6. The van der Waals surface area contributed by atoms with Crippen LogP contribution < -0.4 is 5.32 Å². The summed E-state index contributed by atoms with van der Waals surface area (Å²) in [6.45, 7) is 6.93. The van der Waals surface area contributed by atoms with Crippen LogP contribution in [-0.4, -0.2) is 18.1 Å². The van der Waals surface area contributed by atoms with Crippen LogP contribution in [0.4, 0.5) is 13.2 Å². The average Bonchev–Trinajstić information content (AvgIpc) is 2.40. The Morgan fingerprint density at radius 1 is 1.00 bits per heavy atom. The van der Waals surface area contributed by atoms with Gasteiger partial charge >= 0.3 is 6.18 Å². The zero-order valence-corrected chi connectivity index (χ0v) is 12.6. The maximum Gasteiger partial charge on any atom is 0.408 e. The molecule has 0 rings (SSSR count). The van der Waals surface area contributed by atoms with Crippen LogP contribution in [0, 0.1) is 0 Å². The molecule has 0 aliphatic carbocycles. The normalized spacial score (nSPS) is 12.7. The van der Waals surface area contributed by atoms with Crippen molar-refractivity contribution in [2.45, 2.75) is 70.0 Å². The van der Waals surface area contributed by atoms with E-state index in [2.05, 4.69) is 13.2 Å². The second-order valence-electron chi connectivity index (χ2n) is 5.13.